The Kier molecular flexibility index (Phi) is 4.58. The van der Waals surface area contributed by atoms with Gasteiger partial charge in [-0.05, 0) is 49.6 Å². The molecule has 0 saturated carbocycles. The predicted octanol–water partition coefficient (Wildman–Crippen LogP) is 2.85. The molecule has 0 radical (unpaired) electrons. The molecule has 0 bridgehead atoms. The van der Waals surface area contributed by atoms with Crippen LogP contribution in [-0.2, 0) is 6.42 Å². The van der Waals surface area contributed by atoms with Crippen LogP contribution in [0.1, 0.15) is 36.3 Å². The highest BCUT2D eigenvalue weighted by Crippen LogP contribution is 2.24. The van der Waals surface area contributed by atoms with Gasteiger partial charge in [0.1, 0.15) is 5.76 Å². The number of nitrogens with two attached hydrogens (primary N) is 1. The molecule has 0 spiro atoms. The first kappa shape index (κ1) is 13.6. The van der Waals surface area contributed by atoms with Crippen molar-refractivity contribution in [2.24, 2.45) is 0 Å². The number of anilines is 1. The summed E-state index contributed by atoms with van der Waals surface area (Å²) in [6, 6.07) is 3.96. The molecule has 2 aromatic rings. The third-order valence-electron chi connectivity index (χ3n) is 3.22. The molecule has 19 heavy (non-hydrogen) atoms. The van der Waals surface area contributed by atoms with E-state index in [-0.39, 0.29) is 6.04 Å². The molecule has 4 heteroatoms. The van der Waals surface area contributed by atoms with Crippen molar-refractivity contribution < 1.29 is 4.42 Å². The number of hydrogen-bond acceptors (Lipinski definition) is 4. The molecule has 4 nitrogen and oxygen atoms in total. The maximum Gasteiger partial charge on any atom is 0.123 e. The molecule has 1 unspecified atom stereocenters. The third kappa shape index (κ3) is 3.35. The number of rotatable bonds is 6. The van der Waals surface area contributed by atoms with Crippen LogP contribution in [0.5, 0.6) is 0 Å². The molecule has 0 aromatic carbocycles. The van der Waals surface area contributed by atoms with Crippen LogP contribution in [0.2, 0.25) is 0 Å². The number of aromatic nitrogens is 1. The maximum absolute atomic E-state index is 5.99. The highest BCUT2D eigenvalue weighted by molar-refractivity contribution is 5.45. The number of nitrogens with zero attached hydrogens (tertiary/aromatic N) is 1. The first-order chi connectivity index (χ1) is 9.22. The molecule has 0 aliphatic rings. The molecule has 0 saturated heterocycles. The van der Waals surface area contributed by atoms with Gasteiger partial charge in [0.15, 0.2) is 0 Å². The van der Waals surface area contributed by atoms with Crippen molar-refractivity contribution in [1.82, 2.24) is 10.3 Å². The summed E-state index contributed by atoms with van der Waals surface area (Å²) in [6.45, 7) is 5.16. The van der Waals surface area contributed by atoms with E-state index in [2.05, 4.69) is 24.1 Å². The minimum Gasteiger partial charge on any atom is -0.467 e. The topological polar surface area (TPSA) is 64.1 Å². The molecule has 2 aromatic heterocycles. The molecule has 0 aliphatic heterocycles. The quantitative estimate of drug-likeness (QED) is 0.837. The minimum atomic E-state index is 0.140. The van der Waals surface area contributed by atoms with E-state index < -0.39 is 0 Å². The van der Waals surface area contributed by atoms with Gasteiger partial charge in [0.25, 0.3) is 0 Å². The molecule has 0 fully saturated rings. The van der Waals surface area contributed by atoms with Gasteiger partial charge in [-0.2, -0.15) is 0 Å². The minimum absolute atomic E-state index is 0.140. The first-order valence-electron chi connectivity index (χ1n) is 6.68. The summed E-state index contributed by atoms with van der Waals surface area (Å²) in [5.74, 6) is 0.983. The molecule has 102 valence electrons. The molecular weight excluding hydrogens is 238 g/mol. The van der Waals surface area contributed by atoms with Gasteiger partial charge >= 0.3 is 0 Å². The Morgan fingerprint density at radius 1 is 1.42 bits per heavy atom. The highest BCUT2D eigenvalue weighted by atomic mass is 16.3. The Morgan fingerprint density at radius 3 is 2.89 bits per heavy atom. The number of nitrogen functional groups attached to an aromatic ring is 1. The van der Waals surface area contributed by atoms with Gasteiger partial charge in [0, 0.05) is 18.1 Å². The van der Waals surface area contributed by atoms with Crippen molar-refractivity contribution in [3.8, 4) is 0 Å². The van der Waals surface area contributed by atoms with Crippen LogP contribution in [-0.4, -0.2) is 11.5 Å². The van der Waals surface area contributed by atoms with E-state index in [0.717, 1.165) is 42.0 Å². The maximum atomic E-state index is 5.99. The predicted molar refractivity (Wildman–Crippen MR) is 76.8 cm³/mol. The van der Waals surface area contributed by atoms with Gasteiger partial charge in [-0.15, -0.1) is 0 Å². The standard InChI is InChI=1S/C15H21N3O/c1-3-6-18-14(15-11(2)5-8-19-15)9-12-10-17-7-4-13(12)16/h4-5,7-8,10,14,18H,3,6,9H2,1-2H3,(H2,16,17). The van der Waals surface area contributed by atoms with Crippen molar-refractivity contribution in [2.75, 3.05) is 12.3 Å². The van der Waals surface area contributed by atoms with Crippen LogP contribution in [0.4, 0.5) is 5.69 Å². The van der Waals surface area contributed by atoms with Gasteiger partial charge in [-0.1, -0.05) is 6.92 Å². The van der Waals surface area contributed by atoms with Gasteiger partial charge in [0.2, 0.25) is 0 Å². The number of hydrogen-bond donors (Lipinski definition) is 2. The summed E-state index contributed by atoms with van der Waals surface area (Å²) in [5, 5.41) is 3.51. The van der Waals surface area contributed by atoms with Gasteiger partial charge in [-0.3, -0.25) is 4.98 Å². The fourth-order valence-electron chi connectivity index (χ4n) is 2.15. The summed E-state index contributed by atoms with van der Waals surface area (Å²) < 4.78 is 5.61. The second-order valence-electron chi connectivity index (χ2n) is 4.75. The normalized spacial score (nSPS) is 12.5. The Balaban J connectivity index is 2.19. The highest BCUT2D eigenvalue weighted by Gasteiger charge is 2.18. The largest absolute Gasteiger partial charge is 0.467 e. The molecule has 2 heterocycles. The number of aryl methyl sites for hydroxylation is 1. The Bertz CT molecular complexity index is 522. The lowest BCUT2D eigenvalue weighted by Crippen LogP contribution is -2.24. The summed E-state index contributed by atoms with van der Waals surface area (Å²) in [4.78, 5) is 4.14. The van der Waals surface area contributed by atoms with E-state index in [1.165, 1.54) is 0 Å². The number of pyridine rings is 1. The van der Waals surface area contributed by atoms with E-state index in [0.29, 0.717) is 0 Å². The Hall–Kier alpha value is -1.81. The molecule has 3 N–H and O–H groups in total. The van der Waals surface area contributed by atoms with E-state index in [9.17, 15) is 0 Å². The Morgan fingerprint density at radius 2 is 2.26 bits per heavy atom. The molecule has 2 rings (SSSR count). The van der Waals surface area contributed by atoms with E-state index in [1.54, 1.807) is 12.5 Å². The van der Waals surface area contributed by atoms with Crippen molar-refractivity contribution in [3.63, 3.8) is 0 Å². The van der Waals surface area contributed by atoms with Gasteiger partial charge in [0.05, 0.1) is 12.3 Å². The zero-order valence-electron chi connectivity index (χ0n) is 11.5. The molecular formula is C15H21N3O. The van der Waals surface area contributed by atoms with E-state index in [4.69, 9.17) is 10.2 Å². The lowest BCUT2D eigenvalue weighted by Gasteiger charge is -2.18. The Labute approximate surface area is 114 Å². The molecule has 0 amide bonds. The summed E-state index contributed by atoms with van der Waals surface area (Å²) >= 11 is 0. The second-order valence-corrected chi connectivity index (χ2v) is 4.75. The van der Waals surface area contributed by atoms with Crippen LogP contribution in [0, 0.1) is 6.92 Å². The third-order valence-corrected chi connectivity index (χ3v) is 3.22. The molecule has 0 aliphatic carbocycles. The summed E-state index contributed by atoms with van der Waals surface area (Å²) in [6.07, 6.45) is 7.14. The SMILES string of the molecule is CCCNC(Cc1cnccc1N)c1occc1C. The monoisotopic (exact) mass is 259 g/mol. The summed E-state index contributed by atoms with van der Waals surface area (Å²) in [5.41, 5.74) is 8.98. The lowest BCUT2D eigenvalue weighted by atomic mass is 10.0. The zero-order chi connectivity index (χ0) is 13.7. The van der Waals surface area contributed by atoms with Crippen molar-refractivity contribution in [2.45, 2.75) is 32.7 Å². The van der Waals surface area contributed by atoms with Gasteiger partial charge < -0.3 is 15.5 Å². The average Bonchev–Trinajstić information content (AvgIpc) is 2.83. The van der Waals surface area contributed by atoms with Crippen LogP contribution < -0.4 is 11.1 Å². The van der Waals surface area contributed by atoms with Crippen LogP contribution in [0.15, 0.2) is 35.2 Å². The fraction of sp³-hybridized carbons (Fsp3) is 0.400. The summed E-state index contributed by atoms with van der Waals surface area (Å²) in [7, 11) is 0. The van der Waals surface area contributed by atoms with E-state index >= 15 is 0 Å². The van der Waals surface area contributed by atoms with Crippen LogP contribution in [0.25, 0.3) is 0 Å². The van der Waals surface area contributed by atoms with Crippen molar-refractivity contribution >= 4 is 5.69 Å². The van der Waals surface area contributed by atoms with E-state index in [1.807, 2.05) is 18.3 Å². The smallest absolute Gasteiger partial charge is 0.123 e. The van der Waals surface area contributed by atoms with Crippen LogP contribution in [0.3, 0.4) is 0 Å². The lowest BCUT2D eigenvalue weighted by molar-refractivity contribution is 0.408. The number of furan rings is 1. The average molecular weight is 259 g/mol. The first-order valence-corrected chi connectivity index (χ1v) is 6.68. The fourth-order valence-corrected chi connectivity index (χ4v) is 2.15. The van der Waals surface area contributed by atoms with Crippen molar-refractivity contribution in [1.29, 1.82) is 0 Å². The second kappa shape index (κ2) is 6.38. The number of nitrogens with one attached hydrogen (secondary N) is 1. The molecule has 1 atom stereocenters. The van der Waals surface area contributed by atoms with Gasteiger partial charge in [-0.25, -0.2) is 0 Å². The van der Waals surface area contributed by atoms with Crippen LogP contribution >= 0.6 is 0 Å². The van der Waals surface area contributed by atoms with Crippen molar-refractivity contribution in [3.05, 3.63) is 47.7 Å². The zero-order valence-corrected chi connectivity index (χ0v) is 11.5.